The molecule has 0 aliphatic carbocycles. The van der Waals surface area contributed by atoms with Gasteiger partial charge in [0.15, 0.2) is 6.29 Å². The molecule has 1 atom stereocenters. The topological polar surface area (TPSA) is 66.5 Å². The van der Waals surface area contributed by atoms with E-state index in [1.807, 2.05) is 0 Å². The number of hydrogen-bond acceptors (Lipinski definition) is 3. The van der Waals surface area contributed by atoms with E-state index in [1.165, 1.54) is 57.8 Å². The summed E-state index contributed by atoms with van der Waals surface area (Å²) in [4.78, 5) is 0. The van der Waals surface area contributed by atoms with Gasteiger partial charge in [-0.15, -0.1) is 12.4 Å². The molecular weight excluding hydrogens is 262 g/mol. The van der Waals surface area contributed by atoms with Crippen LogP contribution in [0, 0.1) is 0 Å². The van der Waals surface area contributed by atoms with Crippen molar-refractivity contribution in [3.8, 4) is 0 Å². The fourth-order valence-corrected chi connectivity index (χ4v) is 2.19. The molecule has 0 rings (SSSR count). The molecule has 3 nitrogen and oxygen atoms in total. The molecule has 0 heterocycles. The van der Waals surface area contributed by atoms with Crippen LogP contribution in [-0.2, 0) is 0 Å². The van der Waals surface area contributed by atoms with Gasteiger partial charge in [-0.05, 0) is 6.42 Å². The van der Waals surface area contributed by atoms with Crippen LogP contribution in [0.15, 0.2) is 0 Å². The Morgan fingerprint density at radius 2 is 1.11 bits per heavy atom. The van der Waals surface area contributed by atoms with Gasteiger partial charge in [0.05, 0.1) is 6.04 Å². The molecular formula is C15H34ClNO2. The number of hydrogen-bond donors (Lipinski definition) is 3. The Bertz CT molecular complexity index is 168. The van der Waals surface area contributed by atoms with Gasteiger partial charge in [-0.2, -0.15) is 0 Å². The summed E-state index contributed by atoms with van der Waals surface area (Å²) in [6.07, 6.45) is 13.7. The summed E-state index contributed by atoms with van der Waals surface area (Å²) in [5, 5.41) is 17.6. The lowest BCUT2D eigenvalue weighted by Gasteiger charge is -2.12. The van der Waals surface area contributed by atoms with Crippen LogP contribution in [0.3, 0.4) is 0 Å². The Balaban J connectivity index is 0. The summed E-state index contributed by atoms with van der Waals surface area (Å²) in [6, 6.07) is -0.469. The second-order valence-electron chi connectivity index (χ2n) is 5.40. The van der Waals surface area contributed by atoms with Gasteiger partial charge >= 0.3 is 0 Å². The Morgan fingerprint density at radius 1 is 0.737 bits per heavy atom. The van der Waals surface area contributed by atoms with Crippen LogP contribution >= 0.6 is 12.4 Å². The number of aliphatic hydroxyl groups excluding tert-OH is 1. The summed E-state index contributed by atoms with van der Waals surface area (Å²) < 4.78 is 0. The predicted molar refractivity (Wildman–Crippen MR) is 84.5 cm³/mol. The summed E-state index contributed by atoms with van der Waals surface area (Å²) in [7, 11) is 0. The van der Waals surface area contributed by atoms with Gasteiger partial charge in [0.25, 0.3) is 0 Å². The molecule has 118 valence electrons. The van der Waals surface area contributed by atoms with Crippen LogP contribution in [-0.4, -0.2) is 22.5 Å². The maximum atomic E-state index is 8.81. The number of rotatable bonds is 13. The van der Waals surface area contributed by atoms with E-state index >= 15 is 0 Å². The molecule has 0 fully saturated rings. The lowest BCUT2D eigenvalue weighted by atomic mass is 10.0. The Hall–Kier alpha value is 0.170. The van der Waals surface area contributed by atoms with Gasteiger partial charge in [-0.25, -0.2) is 0 Å². The van der Waals surface area contributed by atoms with E-state index < -0.39 is 12.3 Å². The lowest BCUT2D eigenvalue weighted by Crippen LogP contribution is -2.34. The normalized spacial score (nSPS) is 12.5. The molecule has 1 unspecified atom stereocenters. The molecule has 0 aromatic rings. The molecule has 0 saturated carbocycles. The van der Waals surface area contributed by atoms with Crippen molar-refractivity contribution in [2.45, 2.75) is 96.3 Å². The van der Waals surface area contributed by atoms with Crippen molar-refractivity contribution in [3.63, 3.8) is 0 Å². The number of nitrogens with two attached hydrogens (primary N) is 1. The third kappa shape index (κ3) is 16.1. The van der Waals surface area contributed by atoms with Crippen LogP contribution in [0.1, 0.15) is 84.0 Å². The SMILES string of the molecule is CCCCCCCCCCCCCC(N)C(O)O.Cl. The average molecular weight is 296 g/mol. The molecule has 0 aliphatic rings. The number of unbranched alkanes of at least 4 members (excludes halogenated alkanes) is 10. The first-order valence-electron chi connectivity index (χ1n) is 7.80. The van der Waals surface area contributed by atoms with Gasteiger partial charge in [0, 0.05) is 0 Å². The second kappa shape index (κ2) is 16.2. The van der Waals surface area contributed by atoms with E-state index in [4.69, 9.17) is 15.9 Å². The summed E-state index contributed by atoms with van der Waals surface area (Å²) >= 11 is 0. The minimum atomic E-state index is -1.35. The van der Waals surface area contributed by atoms with Gasteiger partial charge in [0.2, 0.25) is 0 Å². The summed E-state index contributed by atoms with van der Waals surface area (Å²) in [6.45, 7) is 2.25. The van der Waals surface area contributed by atoms with E-state index in [2.05, 4.69) is 6.92 Å². The van der Waals surface area contributed by atoms with Crippen molar-refractivity contribution in [1.82, 2.24) is 0 Å². The van der Waals surface area contributed by atoms with E-state index in [9.17, 15) is 0 Å². The largest absolute Gasteiger partial charge is 0.367 e. The molecule has 4 N–H and O–H groups in total. The third-order valence-corrected chi connectivity index (χ3v) is 3.52. The van der Waals surface area contributed by atoms with Crippen LogP contribution < -0.4 is 5.73 Å². The highest BCUT2D eigenvalue weighted by Crippen LogP contribution is 2.12. The predicted octanol–water partition coefficient (Wildman–Crippen LogP) is 3.75. The van der Waals surface area contributed by atoms with Crippen LogP contribution in [0.5, 0.6) is 0 Å². The molecule has 0 radical (unpaired) electrons. The van der Waals surface area contributed by atoms with E-state index in [1.54, 1.807) is 0 Å². The van der Waals surface area contributed by atoms with Crippen molar-refractivity contribution in [2.75, 3.05) is 0 Å². The van der Waals surface area contributed by atoms with Crippen molar-refractivity contribution in [2.24, 2.45) is 5.73 Å². The first kappa shape index (κ1) is 21.5. The Labute approximate surface area is 125 Å². The molecule has 0 aromatic carbocycles. The van der Waals surface area contributed by atoms with Crippen LogP contribution in [0.25, 0.3) is 0 Å². The maximum Gasteiger partial charge on any atom is 0.166 e. The van der Waals surface area contributed by atoms with Gasteiger partial charge in [0.1, 0.15) is 0 Å². The van der Waals surface area contributed by atoms with Gasteiger partial charge in [-0.3, -0.25) is 0 Å². The quantitative estimate of drug-likeness (QED) is 0.358. The third-order valence-electron chi connectivity index (χ3n) is 3.52. The minimum Gasteiger partial charge on any atom is -0.367 e. The van der Waals surface area contributed by atoms with Crippen molar-refractivity contribution in [3.05, 3.63) is 0 Å². The molecule has 0 aromatic heterocycles. The molecule has 0 bridgehead atoms. The Morgan fingerprint density at radius 3 is 1.47 bits per heavy atom. The smallest absolute Gasteiger partial charge is 0.166 e. The summed E-state index contributed by atoms with van der Waals surface area (Å²) in [5.41, 5.74) is 5.54. The summed E-state index contributed by atoms with van der Waals surface area (Å²) in [5.74, 6) is 0. The molecule has 19 heavy (non-hydrogen) atoms. The second-order valence-corrected chi connectivity index (χ2v) is 5.40. The fraction of sp³-hybridized carbons (Fsp3) is 1.00. The zero-order chi connectivity index (χ0) is 13.6. The lowest BCUT2D eigenvalue weighted by molar-refractivity contribution is -0.0599. The van der Waals surface area contributed by atoms with Crippen molar-refractivity contribution < 1.29 is 10.2 Å². The van der Waals surface area contributed by atoms with Crippen LogP contribution in [0.4, 0.5) is 0 Å². The number of halogens is 1. The van der Waals surface area contributed by atoms with E-state index in [-0.39, 0.29) is 12.4 Å². The Kier molecular flexibility index (Phi) is 18.3. The zero-order valence-corrected chi connectivity index (χ0v) is 13.3. The zero-order valence-electron chi connectivity index (χ0n) is 12.5. The molecule has 0 aliphatic heterocycles. The van der Waals surface area contributed by atoms with Gasteiger partial charge in [-0.1, -0.05) is 77.6 Å². The first-order chi connectivity index (χ1) is 8.68. The maximum absolute atomic E-state index is 8.81. The van der Waals surface area contributed by atoms with Gasteiger partial charge < -0.3 is 15.9 Å². The highest BCUT2D eigenvalue weighted by atomic mass is 35.5. The number of aliphatic hydroxyl groups is 2. The monoisotopic (exact) mass is 295 g/mol. The minimum absolute atomic E-state index is 0. The fourth-order valence-electron chi connectivity index (χ4n) is 2.19. The molecule has 0 saturated heterocycles. The average Bonchev–Trinajstić information content (AvgIpc) is 2.35. The van der Waals surface area contributed by atoms with E-state index in [0.717, 1.165) is 12.8 Å². The van der Waals surface area contributed by atoms with Crippen LogP contribution in [0.2, 0.25) is 0 Å². The molecule has 0 spiro atoms. The standard InChI is InChI=1S/C15H33NO2.ClH/c1-2-3-4-5-6-7-8-9-10-11-12-13-14(16)15(17)18;/h14-15,17-18H,2-13,16H2,1H3;1H. The highest BCUT2D eigenvalue weighted by Gasteiger charge is 2.09. The van der Waals surface area contributed by atoms with E-state index in [0.29, 0.717) is 6.42 Å². The first-order valence-corrected chi connectivity index (χ1v) is 7.80. The molecule has 4 heteroatoms. The highest BCUT2D eigenvalue weighted by molar-refractivity contribution is 5.85. The molecule has 0 amide bonds. The van der Waals surface area contributed by atoms with Crippen molar-refractivity contribution >= 4 is 12.4 Å². The van der Waals surface area contributed by atoms with Crippen molar-refractivity contribution in [1.29, 1.82) is 0 Å².